The molecular formula is C30H20O10. The van der Waals surface area contributed by atoms with E-state index in [4.69, 9.17) is 9.15 Å². The molecule has 0 aliphatic carbocycles. The summed E-state index contributed by atoms with van der Waals surface area (Å²) in [7, 11) is 0. The molecule has 0 spiro atoms. The summed E-state index contributed by atoms with van der Waals surface area (Å²) >= 11 is 0. The summed E-state index contributed by atoms with van der Waals surface area (Å²) in [6, 6.07) is 14.6. The second kappa shape index (κ2) is 8.98. The summed E-state index contributed by atoms with van der Waals surface area (Å²) in [6.07, 6.45) is -1.06. The lowest BCUT2D eigenvalue weighted by Gasteiger charge is -2.26. The number of carbonyl (C=O) groups excluding carboxylic acids is 1. The molecule has 0 amide bonds. The Labute approximate surface area is 224 Å². The van der Waals surface area contributed by atoms with Crippen molar-refractivity contribution in [2.45, 2.75) is 12.5 Å². The van der Waals surface area contributed by atoms with Crippen LogP contribution in [0.25, 0.3) is 33.4 Å². The second-order valence-corrected chi connectivity index (χ2v) is 9.36. The lowest BCUT2D eigenvalue weighted by atomic mass is 9.92. The monoisotopic (exact) mass is 540 g/mol. The zero-order chi connectivity index (χ0) is 28.3. The smallest absolute Gasteiger partial charge is 0.197 e. The van der Waals surface area contributed by atoms with Gasteiger partial charge in [0.2, 0.25) is 0 Å². The number of aromatic hydroxyl groups is 6. The maximum Gasteiger partial charge on any atom is 0.197 e. The van der Waals surface area contributed by atoms with Crippen LogP contribution in [0.4, 0.5) is 0 Å². The number of ether oxygens (including phenoxy) is 1. The Hall–Kier alpha value is -5.64. The quantitative estimate of drug-likeness (QED) is 0.181. The van der Waals surface area contributed by atoms with Gasteiger partial charge in [-0.15, -0.1) is 0 Å². The predicted octanol–water partition coefficient (Wildman–Crippen LogP) is 5.07. The summed E-state index contributed by atoms with van der Waals surface area (Å²) in [5, 5.41) is 61.8. The van der Waals surface area contributed by atoms with E-state index in [0.717, 1.165) is 18.2 Å². The van der Waals surface area contributed by atoms with Gasteiger partial charge in [-0.3, -0.25) is 9.59 Å². The van der Waals surface area contributed by atoms with E-state index in [0.29, 0.717) is 11.1 Å². The van der Waals surface area contributed by atoms with Gasteiger partial charge >= 0.3 is 0 Å². The van der Waals surface area contributed by atoms with Crippen molar-refractivity contribution in [3.8, 4) is 62.7 Å². The minimum Gasteiger partial charge on any atom is -0.508 e. The Balaban J connectivity index is 1.45. The predicted molar refractivity (Wildman–Crippen MR) is 142 cm³/mol. The van der Waals surface area contributed by atoms with E-state index in [9.17, 15) is 40.2 Å². The number of carbonyl (C=O) groups is 1. The number of hydrogen-bond acceptors (Lipinski definition) is 10. The maximum absolute atomic E-state index is 13.1. The fourth-order valence-electron chi connectivity index (χ4n) is 4.89. The summed E-state index contributed by atoms with van der Waals surface area (Å²) in [5.74, 6) is -2.46. The van der Waals surface area contributed by atoms with Gasteiger partial charge in [0.25, 0.3) is 0 Å². The Kier molecular flexibility index (Phi) is 5.54. The van der Waals surface area contributed by atoms with Crippen molar-refractivity contribution in [3.05, 3.63) is 88.1 Å². The van der Waals surface area contributed by atoms with Gasteiger partial charge in [0.15, 0.2) is 11.2 Å². The van der Waals surface area contributed by atoms with Crippen LogP contribution in [0.3, 0.4) is 0 Å². The number of phenolic OH excluding ortho intramolecular Hbond substituents is 6. The average molecular weight is 540 g/mol. The molecule has 0 radical (unpaired) electrons. The van der Waals surface area contributed by atoms with Crippen molar-refractivity contribution in [2.75, 3.05) is 0 Å². The number of Topliss-reactive ketones (excluding diaryl/α,β-unsaturated/α-hetero) is 1. The standard InChI is InChI=1S/C30H20O10/c31-15-4-1-13(2-5-15)23-11-22(37)29-26(39-23)12-20(35)27(30(29)38)17-7-14(3-6-18(17)33)24-10-21(36)28-19(34)8-16(32)9-25(28)40-24/h1-9,11-12,24,31-35,38H,10H2/t24-/m0/s1. The fraction of sp³-hybridized carbons (Fsp3) is 0.0667. The third kappa shape index (κ3) is 3.99. The van der Waals surface area contributed by atoms with Gasteiger partial charge < -0.3 is 39.8 Å². The molecule has 10 nitrogen and oxygen atoms in total. The lowest BCUT2D eigenvalue weighted by Crippen LogP contribution is -2.20. The number of hydrogen-bond donors (Lipinski definition) is 6. The van der Waals surface area contributed by atoms with E-state index in [-0.39, 0.29) is 62.8 Å². The second-order valence-electron chi connectivity index (χ2n) is 9.36. The molecule has 0 unspecified atom stereocenters. The summed E-state index contributed by atoms with van der Waals surface area (Å²) in [6.45, 7) is 0. The van der Waals surface area contributed by atoms with Crippen LogP contribution in [0.5, 0.6) is 40.2 Å². The van der Waals surface area contributed by atoms with Crippen molar-refractivity contribution in [1.82, 2.24) is 0 Å². The van der Waals surface area contributed by atoms with Crippen LogP contribution in [-0.4, -0.2) is 36.4 Å². The fourth-order valence-corrected chi connectivity index (χ4v) is 4.89. The average Bonchev–Trinajstić information content (AvgIpc) is 2.89. The SMILES string of the molecule is O=C1C[C@@H](c2ccc(O)c(-c3c(O)cc4oc(-c5ccc(O)cc5)cc(=O)c4c3O)c2)Oc2cc(O)cc(O)c21. The Morgan fingerprint density at radius 3 is 2.17 bits per heavy atom. The molecule has 10 heteroatoms. The van der Waals surface area contributed by atoms with Gasteiger partial charge in [-0.05, 0) is 42.0 Å². The molecule has 1 aliphatic rings. The van der Waals surface area contributed by atoms with Crippen LogP contribution in [0, 0.1) is 0 Å². The van der Waals surface area contributed by atoms with Gasteiger partial charge in [-0.2, -0.15) is 0 Å². The molecule has 1 aliphatic heterocycles. The third-order valence-electron chi connectivity index (χ3n) is 6.77. The topological polar surface area (TPSA) is 178 Å². The van der Waals surface area contributed by atoms with Crippen LogP contribution in [-0.2, 0) is 0 Å². The molecule has 2 heterocycles. The molecule has 0 fully saturated rings. The van der Waals surface area contributed by atoms with E-state index in [2.05, 4.69) is 0 Å². The zero-order valence-corrected chi connectivity index (χ0v) is 20.5. The number of phenols is 6. The molecule has 6 N–H and O–H groups in total. The molecule has 200 valence electrons. The van der Waals surface area contributed by atoms with Gasteiger partial charge in [0.1, 0.15) is 68.6 Å². The van der Waals surface area contributed by atoms with Crippen LogP contribution in [0.1, 0.15) is 28.4 Å². The minimum absolute atomic E-state index is 0.0215. The molecule has 1 aromatic heterocycles. The molecule has 0 bridgehead atoms. The van der Waals surface area contributed by atoms with E-state index in [1.807, 2.05) is 0 Å². The first kappa shape index (κ1) is 24.7. The van der Waals surface area contributed by atoms with Gasteiger partial charge in [0, 0.05) is 35.4 Å². The number of fused-ring (bicyclic) bond motifs is 2. The number of rotatable bonds is 3. The lowest BCUT2D eigenvalue weighted by molar-refractivity contribution is 0.0845. The molecule has 4 aromatic carbocycles. The largest absolute Gasteiger partial charge is 0.508 e. The van der Waals surface area contributed by atoms with E-state index in [1.54, 1.807) is 0 Å². The van der Waals surface area contributed by atoms with Crippen LogP contribution in [0.2, 0.25) is 0 Å². The Bertz CT molecular complexity index is 1900. The maximum atomic E-state index is 13.1. The molecule has 1 atom stereocenters. The highest BCUT2D eigenvalue weighted by Gasteiger charge is 2.32. The summed E-state index contributed by atoms with van der Waals surface area (Å²) in [5.41, 5.74) is -0.208. The first-order valence-electron chi connectivity index (χ1n) is 12.0. The molecule has 0 saturated carbocycles. The summed E-state index contributed by atoms with van der Waals surface area (Å²) < 4.78 is 11.6. The zero-order valence-electron chi connectivity index (χ0n) is 20.5. The molecule has 0 saturated heterocycles. The highest BCUT2D eigenvalue weighted by molar-refractivity contribution is 6.03. The van der Waals surface area contributed by atoms with Crippen molar-refractivity contribution >= 4 is 16.8 Å². The van der Waals surface area contributed by atoms with Gasteiger partial charge in [0.05, 0.1) is 12.0 Å². The molecular weight excluding hydrogens is 520 g/mol. The van der Waals surface area contributed by atoms with E-state index < -0.39 is 34.6 Å². The molecule has 40 heavy (non-hydrogen) atoms. The van der Waals surface area contributed by atoms with E-state index >= 15 is 0 Å². The van der Waals surface area contributed by atoms with Crippen molar-refractivity contribution in [3.63, 3.8) is 0 Å². The number of benzene rings is 4. The summed E-state index contributed by atoms with van der Waals surface area (Å²) in [4.78, 5) is 25.8. The van der Waals surface area contributed by atoms with E-state index in [1.165, 1.54) is 48.5 Å². The minimum atomic E-state index is -0.886. The first-order valence-corrected chi connectivity index (χ1v) is 12.0. The highest BCUT2D eigenvalue weighted by atomic mass is 16.5. The molecule has 6 rings (SSSR count). The first-order chi connectivity index (χ1) is 19.1. The third-order valence-corrected chi connectivity index (χ3v) is 6.77. The van der Waals surface area contributed by atoms with Crippen LogP contribution in [0.15, 0.2) is 75.9 Å². The Morgan fingerprint density at radius 1 is 0.700 bits per heavy atom. The van der Waals surface area contributed by atoms with Crippen LogP contribution < -0.4 is 10.2 Å². The van der Waals surface area contributed by atoms with Crippen LogP contribution >= 0.6 is 0 Å². The Morgan fingerprint density at radius 2 is 1.43 bits per heavy atom. The van der Waals surface area contributed by atoms with Crippen molar-refractivity contribution in [1.29, 1.82) is 0 Å². The molecule has 5 aromatic rings. The normalized spacial score (nSPS) is 14.6. The number of ketones is 1. The van der Waals surface area contributed by atoms with Crippen molar-refractivity contribution in [2.24, 2.45) is 0 Å². The van der Waals surface area contributed by atoms with Gasteiger partial charge in [-0.1, -0.05) is 6.07 Å². The highest BCUT2D eigenvalue weighted by Crippen LogP contribution is 2.47. The van der Waals surface area contributed by atoms with Crippen molar-refractivity contribution < 1.29 is 44.6 Å². The van der Waals surface area contributed by atoms with Gasteiger partial charge in [-0.25, -0.2) is 0 Å².